The van der Waals surface area contributed by atoms with Crippen LogP contribution in [0.15, 0.2) is 48.7 Å². The predicted molar refractivity (Wildman–Crippen MR) is 98.3 cm³/mol. The van der Waals surface area contributed by atoms with Crippen LogP contribution in [0.3, 0.4) is 0 Å². The standard InChI is InChI=1S/C18H18N6O2/c1-2-12(5-3-4-10-19)13-6-8-14(9-7-13)24-11-15(22-18(21)26)16(23-24)17(20)25/h2-3,5-9,11H,4H2,1H3,(H2,20,25)(H3,21,22,26)/b5-3-,12-2+. The number of allylic oxidation sites excluding steroid dienone is 4. The van der Waals surface area contributed by atoms with Gasteiger partial charge in [-0.1, -0.05) is 30.4 Å². The maximum absolute atomic E-state index is 11.5. The Morgan fingerprint density at radius 1 is 1.31 bits per heavy atom. The molecule has 0 spiro atoms. The molecule has 2 rings (SSSR count). The van der Waals surface area contributed by atoms with Crippen molar-refractivity contribution >= 4 is 23.2 Å². The van der Waals surface area contributed by atoms with Crippen LogP contribution in [0.5, 0.6) is 0 Å². The zero-order valence-corrected chi connectivity index (χ0v) is 14.1. The number of carbonyl (C=O) groups excluding carboxylic acids is 2. The summed E-state index contributed by atoms with van der Waals surface area (Å²) in [6.45, 7) is 1.91. The summed E-state index contributed by atoms with van der Waals surface area (Å²) in [7, 11) is 0. The zero-order valence-electron chi connectivity index (χ0n) is 14.1. The number of nitrogens with one attached hydrogen (secondary N) is 1. The van der Waals surface area contributed by atoms with Gasteiger partial charge in [0.15, 0.2) is 5.69 Å². The van der Waals surface area contributed by atoms with Crippen molar-refractivity contribution in [1.29, 1.82) is 5.26 Å². The number of hydrogen-bond acceptors (Lipinski definition) is 4. The maximum atomic E-state index is 11.5. The van der Waals surface area contributed by atoms with E-state index in [1.807, 2.05) is 43.3 Å². The van der Waals surface area contributed by atoms with Crippen LogP contribution in [-0.4, -0.2) is 21.7 Å². The van der Waals surface area contributed by atoms with Gasteiger partial charge in [-0.2, -0.15) is 10.4 Å². The van der Waals surface area contributed by atoms with E-state index >= 15 is 0 Å². The number of nitriles is 1. The molecule has 0 aliphatic heterocycles. The third-order valence-corrected chi connectivity index (χ3v) is 3.49. The van der Waals surface area contributed by atoms with Gasteiger partial charge in [0, 0.05) is 0 Å². The number of urea groups is 1. The number of hydrogen-bond donors (Lipinski definition) is 3. The van der Waals surface area contributed by atoms with E-state index < -0.39 is 11.9 Å². The molecule has 8 nitrogen and oxygen atoms in total. The Hall–Kier alpha value is -3.86. The lowest BCUT2D eigenvalue weighted by atomic mass is 10.0. The normalized spacial score (nSPS) is 11.3. The van der Waals surface area contributed by atoms with Crippen LogP contribution in [0.25, 0.3) is 11.3 Å². The van der Waals surface area contributed by atoms with Gasteiger partial charge in [0.25, 0.3) is 5.91 Å². The van der Waals surface area contributed by atoms with E-state index in [9.17, 15) is 9.59 Å². The molecule has 0 fully saturated rings. The maximum Gasteiger partial charge on any atom is 0.316 e. The Balaban J connectivity index is 2.32. The number of primary amides is 2. The molecule has 1 aromatic carbocycles. The fraction of sp³-hybridized carbons (Fsp3) is 0.111. The first-order chi connectivity index (χ1) is 12.5. The number of aromatic nitrogens is 2. The molecule has 0 unspecified atom stereocenters. The molecular weight excluding hydrogens is 332 g/mol. The summed E-state index contributed by atoms with van der Waals surface area (Å²) in [5, 5.41) is 15.0. The van der Waals surface area contributed by atoms with E-state index in [-0.39, 0.29) is 11.4 Å². The fourth-order valence-electron chi connectivity index (χ4n) is 2.32. The first kappa shape index (κ1) is 18.5. The van der Waals surface area contributed by atoms with Crippen LogP contribution < -0.4 is 16.8 Å². The van der Waals surface area contributed by atoms with Crippen LogP contribution in [0.2, 0.25) is 0 Å². The summed E-state index contributed by atoms with van der Waals surface area (Å²) in [6, 6.07) is 8.62. The van der Waals surface area contributed by atoms with Crippen LogP contribution in [0.4, 0.5) is 10.5 Å². The summed E-state index contributed by atoms with van der Waals surface area (Å²) in [6.07, 6.45) is 7.41. The number of rotatable bonds is 6. The molecule has 8 heteroatoms. The smallest absolute Gasteiger partial charge is 0.316 e. The van der Waals surface area contributed by atoms with Gasteiger partial charge >= 0.3 is 6.03 Å². The molecule has 5 N–H and O–H groups in total. The molecule has 0 atom stereocenters. The van der Waals surface area contributed by atoms with Crippen molar-refractivity contribution in [2.24, 2.45) is 11.5 Å². The average Bonchev–Trinajstić information content (AvgIpc) is 3.02. The molecule has 0 saturated carbocycles. The van der Waals surface area contributed by atoms with Crippen molar-refractivity contribution in [2.45, 2.75) is 13.3 Å². The lowest BCUT2D eigenvalue weighted by Crippen LogP contribution is -2.22. The van der Waals surface area contributed by atoms with Crippen molar-refractivity contribution in [3.8, 4) is 11.8 Å². The van der Waals surface area contributed by atoms with Gasteiger partial charge in [0.05, 0.1) is 30.1 Å². The second-order valence-corrected chi connectivity index (χ2v) is 5.24. The number of nitrogens with zero attached hydrogens (tertiary/aromatic N) is 3. The van der Waals surface area contributed by atoms with Crippen LogP contribution in [0, 0.1) is 11.3 Å². The van der Waals surface area contributed by atoms with E-state index in [1.165, 1.54) is 10.9 Å². The Labute approximate surface area is 150 Å². The molecule has 132 valence electrons. The van der Waals surface area contributed by atoms with E-state index in [2.05, 4.69) is 16.5 Å². The summed E-state index contributed by atoms with van der Waals surface area (Å²) < 4.78 is 1.43. The molecule has 2 aromatic rings. The lowest BCUT2D eigenvalue weighted by molar-refractivity contribution is 0.0996. The quantitative estimate of drug-likeness (QED) is 0.688. The van der Waals surface area contributed by atoms with Gasteiger partial charge in [-0.05, 0) is 30.2 Å². The van der Waals surface area contributed by atoms with E-state index in [1.54, 1.807) is 6.08 Å². The molecule has 0 saturated heterocycles. The fourth-order valence-corrected chi connectivity index (χ4v) is 2.32. The van der Waals surface area contributed by atoms with Gasteiger partial charge in [0.2, 0.25) is 0 Å². The third-order valence-electron chi connectivity index (χ3n) is 3.49. The van der Waals surface area contributed by atoms with Gasteiger partial charge in [0.1, 0.15) is 0 Å². The molecule has 1 aromatic heterocycles. The van der Waals surface area contributed by atoms with Crippen molar-refractivity contribution in [1.82, 2.24) is 9.78 Å². The van der Waals surface area contributed by atoms with Crippen LogP contribution in [0.1, 0.15) is 29.4 Å². The average molecular weight is 350 g/mol. The zero-order chi connectivity index (χ0) is 19.1. The Morgan fingerprint density at radius 2 is 2.00 bits per heavy atom. The monoisotopic (exact) mass is 350 g/mol. The topological polar surface area (TPSA) is 140 Å². The van der Waals surface area contributed by atoms with Gasteiger partial charge in [-0.25, -0.2) is 9.48 Å². The number of amides is 3. The van der Waals surface area contributed by atoms with E-state index in [4.69, 9.17) is 16.7 Å². The highest BCUT2D eigenvalue weighted by atomic mass is 16.2. The first-order valence-electron chi connectivity index (χ1n) is 7.72. The Bertz CT molecular complexity index is 916. The molecule has 0 aliphatic rings. The van der Waals surface area contributed by atoms with E-state index in [0.717, 1.165) is 11.1 Å². The predicted octanol–water partition coefficient (Wildman–Crippen LogP) is 2.33. The minimum absolute atomic E-state index is 0.0820. The van der Waals surface area contributed by atoms with Crippen LogP contribution >= 0.6 is 0 Å². The molecule has 0 bridgehead atoms. The summed E-state index contributed by atoms with van der Waals surface area (Å²) in [4.78, 5) is 22.5. The van der Waals surface area contributed by atoms with Gasteiger partial charge in [-0.15, -0.1) is 0 Å². The summed E-state index contributed by atoms with van der Waals surface area (Å²) >= 11 is 0. The highest BCUT2D eigenvalue weighted by Gasteiger charge is 2.16. The second-order valence-electron chi connectivity index (χ2n) is 5.24. The van der Waals surface area contributed by atoms with Gasteiger partial charge in [-0.3, -0.25) is 4.79 Å². The molecule has 0 radical (unpaired) electrons. The number of benzene rings is 1. The van der Waals surface area contributed by atoms with Gasteiger partial charge < -0.3 is 16.8 Å². The first-order valence-corrected chi connectivity index (χ1v) is 7.72. The van der Waals surface area contributed by atoms with Crippen molar-refractivity contribution < 1.29 is 9.59 Å². The molecular formula is C18H18N6O2. The molecule has 1 heterocycles. The minimum atomic E-state index is -0.815. The molecule has 26 heavy (non-hydrogen) atoms. The Morgan fingerprint density at radius 3 is 2.54 bits per heavy atom. The second kappa shape index (κ2) is 8.30. The third kappa shape index (κ3) is 4.36. The van der Waals surface area contributed by atoms with Crippen molar-refractivity contribution in [3.63, 3.8) is 0 Å². The summed E-state index contributed by atoms with van der Waals surface area (Å²) in [5.74, 6) is -0.775. The highest BCUT2D eigenvalue weighted by Crippen LogP contribution is 2.21. The molecule has 0 aliphatic carbocycles. The highest BCUT2D eigenvalue weighted by molar-refractivity contribution is 6.00. The molecule has 3 amide bonds. The number of carbonyl (C=O) groups is 2. The van der Waals surface area contributed by atoms with E-state index in [0.29, 0.717) is 12.1 Å². The summed E-state index contributed by atoms with van der Waals surface area (Å²) in [5.41, 5.74) is 13.0. The number of nitrogens with two attached hydrogens (primary N) is 2. The minimum Gasteiger partial charge on any atom is -0.364 e. The van der Waals surface area contributed by atoms with Crippen LogP contribution in [-0.2, 0) is 0 Å². The Kier molecular flexibility index (Phi) is 5.90. The number of anilines is 1. The SMILES string of the molecule is C/C=C(\C=C/CC#N)c1ccc(-n2cc(NC(N)=O)c(C(N)=O)n2)cc1. The van der Waals surface area contributed by atoms with Crippen molar-refractivity contribution in [2.75, 3.05) is 5.32 Å². The lowest BCUT2D eigenvalue weighted by Gasteiger charge is -2.05. The largest absolute Gasteiger partial charge is 0.364 e. The van der Waals surface area contributed by atoms with Crippen molar-refractivity contribution in [3.05, 3.63) is 59.9 Å².